The second kappa shape index (κ2) is 9.74. The fourth-order valence-corrected chi connectivity index (χ4v) is 4.23. The third-order valence-electron chi connectivity index (χ3n) is 4.83. The number of amides is 4. The number of hydrogen-bond acceptors (Lipinski definition) is 4. The third kappa shape index (κ3) is 4.85. The summed E-state index contributed by atoms with van der Waals surface area (Å²) in [6, 6.07) is 13.0. The topological polar surface area (TPSA) is 75.7 Å². The molecule has 0 atom stereocenters. The standard InChI is InChI=1S/C24H14BrClF2N2O4/c25-18-9-13(10-19(26)21(18)34-12-14-4-1-2-7-20(14)28)8-17-22(31)29-24(33)30(23(17)32)16-6-3-5-15(27)11-16/h1-11H,12H2,(H,29,31,33)/b17-8+. The summed E-state index contributed by atoms with van der Waals surface area (Å²) in [4.78, 5) is 38.2. The van der Waals surface area contributed by atoms with Gasteiger partial charge in [0.05, 0.1) is 15.2 Å². The van der Waals surface area contributed by atoms with E-state index in [-0.39, 0.29) is 28.6 Å². The monoisotopic (exact) mass is 546 g/mol. The van der Waals surface area contributed by atoms with Crippen LogP contribution in [-0.2, 0) is 16.2 Å². The summed E-state index contributed by atoms with van der Waals surface area (Å²) in [5.74, 6) is -2.66. The predicted molar refractivity (Wildman–Crippen MR) is 125 cm³/mol. The number of benzene rings is 3. The van der Waals surface area contributed by atoms with Crippen molar-refractivity contribution in [3.05, 3.63) is 98.5 Å². The number of ether oxygens (including phenoxy) is 1. The zero-order valence-corrected chi connectivity index (χ0v) is 19.5. The molecule has 10 heteroatoms. The van der Waals surface area contributed by atoms with E-state index in [1.54, 1.807) is 24.3 Å². The minimum Gasteiger partial charge on any atom is -0.486 e. The maximum absolute atomic E-state index is 13.8. The van der Waals surface area contributed by atoms with Gasteiger partial charge in [0.1, 0.15) is 23.8 Å². The SMILES string of the molecule is O=C1NC(=O)N(c2cccc(F)c2)C(=O)/C1=C/c1cc(Cl)c(OCc2ccccc2F)c(Br)c1. The highest BCUT2D eigenvalue weighted by Gasteiger charge is 2.37. The van der Waals surface area contributed by atoms with Gasteiger partial charge >= 0.3 is 6.03 Å². The molecule has 1 N–H and O–H groups in total. The average molecular weight is 548 g/mol. The molecule has 1 aliphatic heterocycles. The molecule has 172 valence electrons. The highest BCUT2D eigenvalue weighted by molar-refractivity contribution is 9.10. The molecular formula is C24H14BrClF2N2O4. The first kappa shape index (κ1) is 23.6. The number of anilines is 1. The Hall–Kier alpha value is -3.56. The minimum atomic E-state index is -0.992. The molecule has 6 nitrogen and oxygen atoms in total. The molecular weight excluding hydrogens is 534 g/mol. The zero-order chi connectivity index (χ0) is 24.4. The Bertz CT molecular complexity index is 1340. The van der Waals surface area contributed by atoms with Gasteiger partial charge in [-0.15, -0.1) is 0 Å². The normalized spacial score (nSPS) is 15.0. The van der Waals surface area contributed by atoms with Crippen LogP contribution in [-0.4, -0.2) is 17.8 Å². The molecule has 0 unspecified atom stereocenters. The largest absolute Gasteiger partial charge is 0.486 e. The molecule has 34 heavy (non-hydrogen) atoms. The lowest BCUT2D eigenvalue weighted by Crippen LogP contribution is -2.54. The van der Waals surface area contributed by atoms with E-state index in [1.165, 1.54) is 30.3 Å². The van der Waals surface area contributed by atoms with E-state index in [4.69, 9.17) is 16.3 Å². The molecule has 1 saturated heterocycles. The van der Waals surface area contributed by atoms with Gasteiger partial charge in [-0.05, 0) is 64.0 Å². The van der Waals surface area contributed by atoms with E-state index in [0.29, 0.717) is 20.5 Å². The van der Waals surface area contributed by atoms with E-state index in [9.17, 15) is 23.2 Å². The predicted octanol–water partition coefficient (Wildman–Crippen LogP) is 5.63. The van der Waals surface area contributed by atoms with Gasteiger partial charge in [0.2, 0.25) is 0 Å². The van der Waals surface area contributed by atoms with Crippen LogP contribution in [0.3, 0.4) is 0 Å². The number of nitrogens with zero attached hydrogens (tertiary/aromatic N) is 1. The smallest absolute Gasteiger partial charge is 0.335 e. The highest BCUT2D eigenvalue weighted by atomic mass is 79.9. The summed E-state index contributed by atoms with van der Waals surface area (Å²) < 4.78 is 33.5. The lowest BCUT2D eigenvalue weighted by molar-refractivity contribution is -0.122. The number of rotatable bonds is 5. The zero-order valence-electron chi connectivity index (χ0n) is 17.2. The van der Waals surface area contributed by atoms with Crippen LogP contribution in [0.15, 0.2) is 70.7 Å². The first-order valence-electron chi connectivity index (χ1n) is 9.77. The van der Waals surface area contributed by atoms with Crippen LogP contribution >= 0.6 is 27.5 Å². The van der Waals surface area contributed by atoms with Crippen molar-refractivity contribution >= 4 is 57.1 Å². The van der Waals surface area contributed by atoms with Gasteiger partial charge in [-0.25, -0.2) is 18.5 Å². The molecule has 0 radical (unpaired) electrons. The second-order valence-electron chi connectivity index (χ2n) is 7.13. The Morgan fingerprint density at radius 1 is 1.03 bits per heavy atom. The third-order valence-corrected chi connectivity index (χ3v) is 5.70. The van der Waals surface area contributed by atoms with Crippen molar-refractivity contribution in [1.29, 1.82) is 0 Å². The fourth-order valence-electron chi connectivity index (χ4n) is 3.24. The molecule has 3 aromatic rings. The highest BCUT2D eigenvalue weighted by Crippen LogP contribution is 2.36. The molecule has 0 aliphatic carbocycles. The van der Waals surface area contributed by atoms with Gasteiger partial charge in [-0.2, -0.15) is 0 Å². The first-order chi connectivity index (χ1) is 16.2. The molecule has 1 aliphatic rings. The van der Waals surface area contributed by atoms with Crippen molar-refractivity contribution in [1.82, 2.24) is 5.32 Å². The van der Waals surface area contributed by atoms with Gasteiger partial charge in [-0.1, -0.05) is 35.9 Å². The maximum atomic E-state index is 13.8. The lowest BCUT2D eigenvalue weighted by Gasteiger charge is -2.26. The molecule has 4 rings (SSSR count). The average Bonchev–Trinajstić information content (AvgIpc) is 2.77. The van der Waals surface area contributed by atoms with Gasteiger partial charge in [0.25, 0.3) is 11.8 Å². The maximum Gasteiger partial charge on any atom is 0.335 e. The van der Waals surface area contributed by atoms with E-state index in [1.807, 2.05) is 0 Å². The summed E-state index contributed by atoms with van der Waals surface area (Å²) in [5.41, 5.74) is 0.300. The molecule has 0 bridgehead atoms. The summed E-state index contributed by atoms with van der Waals surface area (Å²) in [5, 5.41) is 2.20. The van der Waals surface area contributed by atoms with Crippen LogP contribution in [0.1, 0.15) is 11.1 Å². The number of carbonyl (C=O) groups excluding carboxylic acids is 3. The molecule has 0 saturated carbocycles. The number of barbiturate groups is 1. The van der Waals surface area contributed by atoms with Gasteiger partial charge < -0.3 is 4.74 Å². The van der Waals surface area contributed by atoms with Crippen LogP contribution in [0.5, 0.6) is 5.75 Å². The quantitative estimate of drug-likeness (QED) is 0.332. The number of imide groups is 2. The van der Waals surface area contributed by atoms with Crippen molar-refractivity contribution < 1.29 is 27.9 Å². The number of carbonyl (C=O) groups is 3. The van der Waals surface area contributed by atoms with Gasteiger partial charge in [0.15, 0.2) is 5.75 Å². The number of urea groups is 1. The second-order valence-corrected chi connectivity index (χ2v) is 8.39. The van der Waals surface area contributed by atoms with Crippen LogP contribution < -0.4 is 15.0 Å². The number of halogens is 4. The molecule has 0 spiro atoms. The summed E-state index contributed by atoms with van der Waals surface area (Å²) in [6.45, 7) is -0.0724. The fraction of sp³-hybridized carbons (Fsp3) is 0.0417. The summed E-state index contributed by atoms with van der Waals surface area (Å²) >= 11 is 9.65. The van der Waals surface area contributed by atoms with Crippen molar-refractivity contribution in [3.63, 3.8) is 0 Å². The van der Waals surface area contributed by atoms with Crippen LogP contribution in [0.2, 0.25) is 5.02 Å². The van der Waals surface area contributed by atoms with Crippen molar-refractivity contribution in [2.24, 2.45) is 0 Å². The van der Waals surface area contributed by atoms with Crippen LogP contribution in [0, 0.1) is 11.6 Å². The van der Waals surface area contributed by atoms with Gasteiger partial charge in [0, 0.05) is 5.56 Å². The Balaban J connectivity index is 1.62. The molecule has 1 heterocycles. The molecule has 4 amide bonds. The van der Waals surface area contributed by atoms with Crippen LogP contribution in [0.25, 0.3) is 6.08 Å². The Morgan fingerprint density at radius 3 is 2.50 bits per heavy atom. The molecule has 1 fully saturated rings. The summed E-state index contributed by atoms with van der Waals surface area (Å²) in [7, 11) is 0. The van der Waals surface area contributed by atoms with E-state index >= 15 is 0 Å². The van der Waals surface area contributed by atoms with E-state index in [2.05, 4.69) is 21.2 Å². The Morgan fingerprint density at radius 2 is 1.79 bits per heavy atom. The van der Waals surface area contributed by atoms with Crippen molar-refractivity contribution in [2.45, 2.75) is 6.61 Å². The van der Waals surface area contributed by atoms with Crippen LogP contribution in [0.4, 0.5) is 19.3 Å². The number of nitrogens with one attached hydrogen (secondary N) is 1. The molecule has 3 aromatic carbocycles. The first-order valence-corrected chi connectivity index (χ1v) is 10.9. The van der Waals surface area contributed by atoms with Gasteiger partial charge in [-0.3, -0.25) is 14.9 Å². The lowest BCUT2D eigenvalue weighted by atomic mass is 10.1. The van der Waals surface area contributed by atoms with E-state index in [0.717, 1.165) is 12.1 Å². The van der Waals surface area contributed by atoms with Crippen molar-refractivity contribution in [2.75, 3.05) is 4.90 Å². The molecule has 0 aromatic heterocycles. The van der Waals surface area contributed by atoms with Crippen molar-refractivity contribution in [3.8, 4) is 5.75 Å². The summed E-state index contributed by atoms with van der Waals surface area (Å²) in [6.07, 6.45) is 1.24. The Kier molecular flexibility index (Phi) is 6.76. The number of hydrogen-bond donors (Lipinski definition) is 1. The Labute approximate surface area is 205 Å². The van der Waals surface area contributed by atoms with E-state index < -0.39 is 29.5 Å². The minimum absolute atomic E-state index is 0.0306.